The van der Waals surface area contributed by atoms with Crippen LogP contribution >= 0.6 is 0 Å². The molecule has 0 aromatic heterocycles. The maximum absolute atomic E-state index is 12.3. The normalized spacial score (nSPS) is 26.7. The number of carbonyl (C=O) groups excluding carboxylic acids is 1. The standard InChI is InChI=1S/C13H20N2O/c1-12(2)5-4-8-15(10-12)11(16)13(9-14)6-3-7-13/h3-8,10H2,1-2H3. The lowest BCUT2D eigenvalue weighted by atomic mass is 9.68. The predicted molar refractivity (Wildman–Crippen MR) is 61.5 cm³/mol. The Labute approximate surface area is 97.4 Å². The van der Waals surface area contributed by atoms with E-state index < -0.39 is 5.41 Å². The summed E-state index contributed by atoms with van der Waals surface area (Å²) in [6.45, 7) is 6.06. The molecule has 0 radical (unpaired) electrons. The molecule has 1 aliphatic heterocycles. The molecule has 0 aromatic rings. The highest BCUT2D eigenvalue weighted by atomic mass is 16.2. The Kier molecular flexibility index (Phi) is 2.69. The van der Waals surface area contributed by atoms with Gasteiger partial charge in [0.2, 0.25) is 5.91 Å². The summed E-state index contributed by atoms with van der Waals surface area (Å²) in [7, 11) is 0. The summed E-state index contributed by atoms with van der Waals surface area (Å²) in [6.07, 6.45) is 4.80. The van der Waals surface area contributed by atoms with E-state index in [1.807, 2.05) is 4.90 Å². The first kappa shape index (κ1) is 11.4. The van der Waals surface area contributed by atoms with Gasteiger partial charge in [0, 0.05) is 13.1 Å². The molecule has 0 bridgehead atoms. The van der Waals surface area contributed by atoms with Crippen LogP contribution in [0.3, 0.4) is 0 Å². The Morgan fingerprint density at radius 3 is 2.38 bits per heavy atom. The molecule has 0 unspecified atom stereocenters. The van der Waals surface area contributed by atoms with Gasteiger partial charge in [0.25, 0.3) is 0 Å². The van der Waals surface area contributed by atoms with Gasteiger partial charge < -0.3 is 4.90 Å². The lowest BCUT2D eigenvalue weighted by Gasteiger charge is -2.43. The molecule has 2 fully saturated rings. The van der Waals surface area contributed by atoms with Gasteiger partial charge in [0.05, 0.1) is 6.07 Å². The summed E-state index contributed by atoms with van der Waals surface area (Å²) >= 11 is 0. The fourth-order valence-electron chi connectivity index (χ4n) is 2.80. The number of hydrogen-bond donors (Lipinski definition) is 0. The van der Waals surface area contributed by atoms with Crippen LogP contribution in [0.1, 0.15) is 46.0 Å². The lowest BCUT2D eigenvalue weighted by molar-refractivity contribution is -0.146. The largest absolute Gasteiger partial charge is 0.341 e. The van der Waals surface area contributed by atoms with Crippen molar-refractivity contribution in [3.05, 3.63) is 0 Å². The summed E-state index contributed by atoms with van der Waals surface area (Å²) in [5.74, 6) is 0.0917. The molecule has 16 heavy (non-hydrogen) atoms. The average Bonchev–Trinajstić information content (AvgIpc) is 2.15. The summed E-state index contributed by atoms with van der Waals surface area (Å²) in [4.78, 5) is 14.2. The van der Waals surface area contributed by atoms with Crippen molar-refractivity contribution >= 4 is 5.91 Å². The highest BCUT2D eigenvalue weighted by Gasteiger charge is 2.48. The molecular formula is C13H20N2O. The van der Waals surface area contributed by atoms with E-state index in [1.165, 1.54) is 6.42 Å². The van der Waals surface area contributed by atoms with Gasteiger partial charge in [-0.25, -0.2) is 0 Å². The molecule has 0 atom stereocenters. The second-order valence-corrected chi connectivity index (χ2v) is 6.04. The molecule has 88 valence electrons. The summed E-state index contributed by atoms with van der Waals surface area (Å²) in [5.41, 5.74) is -0.443. The molecule has 1 aliphatic carbocycles. The van der Waals surface area contributed by atoms with E-state index in [1.54, 1.807) is 0 Å². The van der Waals surface area contributed by atoms with E-state index in [4.69, 9.17) is 0 Å². The Hall–Kier alpha value is -1.04. The quantitative estimate of drug-likeness (QED) is 0.680. The molecule has 1 saturated carbocycles. The van der Waals surface area contributed by atoms with Crippen molar-refractivity contribution in [2.45, 2.75) is 46.0 Å². The van der Waals surface area contributed by atoms with Crippen LogP contribution in [-0.2, 0) is 4.79 Å². The van der Waals surface area contributed by atoms with Gasteiger partial charge in [-0.3, -0.25) is 4.79 Å². The summed E-state index contributed by atoms with van der Waals surface area (Å²) in [6, 6.07) is 2.25. The third-order valence-electron chi connectivity index (χ3n) is 4.02. The molecule has 3 heteroatoms. The maximum Gasteiger partial charge on any atom is 0.243 e. The fourth-order valence-corrected chi connectivity index (χ4v) is 2.80. The first-order chi connectivity index (χ1) is 7.49. The van der Waals surface area contributed by atoms with Crippen molar-refractivity contribution in [1.29, 1.82) is 5.26 Å². The van der Waals surface area contributed by atoms with Crippen molar-refractivity contribution < 1.29 is 4.79 Å². The van der Waals surface area contributed by atoms with Gasteiger partial charge in [-0.15, -0.1) is 0 Å². The highest BCUT2D eigenvalue weighted by molar-refractivity contribution is 5.86. The van der Waals surface area contributed by atoms with Crippen molar-refractivity contribution in [1.82, 2.24) is 4.90 Å². The van der Waals surface area contributed by atoms with E-state index in [2.05, 4.69) is 19.9 Å². The Morgan fingerprint density at radius 1 is 1.25 bits per heavy atom. The van der Waals surface area contributed by atoms with Crippen LogP contribution in [0, 0.1) is 22.2 Å². The van der Waals surface area contributed by atoms with E-state index >= 15 is 0 Å². The van der Waals surface area contributed by atoms with Gasteiger partial charge in [-0.1, -0.05) is 13.8 Å². The van der Waals surface area contributed by atoms with Crippen molar-refractivity contribution in [3.63, 3.8) is 0 Å². The van der Waals surface area contributed by atoms with Gasteiger partial charge >= 0.3 is 0 Å². The monoisotopic (exact) mass is 220 g/mol. The SMILES string of the molecule is CC1(C)CCCN(C(=O)C2(C#N)CCC2)C1. The van der Waals surface area contributed by atoms with Crippen LogP contribution in [0.15, 0.2) is 0 Å². The summed E-state index contributed by atoms with van der Waals surface area (Å²) < 4.78 is 0. The van der Waals surface area contributed by atoms with E-state index in [0.29, 0.717) is 0 Å². The van der Waals surface area contributed by atoms with E-state index in [0.717, 1.165) is 38.8 Å². The smallest absolute Gasteiger partial charge is 0.243 e. The van der Waals surface area contributed by atoms with Gasteiger partial charge in [0.1, 0.15) is 5.41 Å². The second-order valence-electron chi connectivity index (χ2n) is 6.04. The van der Waals surface area contributed by atoms with E-state index in [-0.39, 0.29) is 11.3 Å². The molecule has 1 saturated heterocycles. The molecule has 2 rings (SSSR count). The Morgan fingerprint density at radius 2 is 1.94 bits per heavy atom. The molecule has 1 amide bonds. The van der Waals surface area contributed by atoms with Crippen LogP contribution in [0.25, 0.3) is 0 Å². The lowest BCUT2D eigenvalue weighted by Crippen LogP contribution is -2.52. The van der Waals surface area contributed by atoms with Crippen LogP contribution in [0.4, 0.5) is 0 Å². The minimum atomic E-state index is -0.659. The Balaban J connectivity index is 2.08. The van der Waals surface area contributed by atoms with Crippen molar-refractivity contribution in [3.8, 4) is 6.07 Å². The third-order valence-corrected chi connectivity index (χ3v) is 4.02. The first-order valence-electron chi connectivity index (χ1n) is 6.20. The zero-order chi connectivity index (χ0) is 11.8. The number of piperidine rings is 1. The molecule has 2 aliphatic rings. The minimum absolute atomic E-state index is 0.0917. The molecule has 1 heterocycles. The number of hydrogen-bond acceptors (Lipinski definition) is 2. The highest BCUT2D eigenvalue weighted by Crippen LogP contribution is 2.43. The van der Waals surface area contributed by atoms with Crippen LogP contribution in [0.2, 0.25) is 0 Å². The third kappa shape index (κ3) is 1.81. The number of nitrogens with zero attached hydrogens (tertiary/aromatic N) is 2. The average molecular weight is 220 g/mol. The van der Waals surface area contributed by atoms with Crippen molar-refractivity contribution in [2.75, 3.05) is 13.1 Å². The van der Waals surface area contributed by atoms with Crippen LogP contribution in [0.5, 0.6) is 0 Å². The maximum atomic E-state index is 12.3. The predicted octanol–water partition coefficient (Wildman–Crippen LogP) is 2.33. The molecule has 0 N–H and O–H groups in total. The zero-order valence-corrected chi connectivity index (χ0v) is 10.3. The van der Waals surface area contributed by atoms with Gasteiger partial charge in [-0.2, -0.15) is 5.26 Å². The minimum Gasteiger partial charge on any atom is -0.341 e. The summed E-state index contributed by atoms with van der Waals surface area (Å²) in [5, 5.41) is 9.17. The fraction of sp³-hybridized carbons (Fsp3) is 0.846. The molecule has 0 spiro atoms. The topological polar surface area (TPSA) is 44.1 Å². The molecule has 3 nitrogen and oxygen atoms in total. The molecular weight excluding hydrogens is 200 g/mol. The number of likely N-dealkylation sites (tertiary alicyclic amines) is 1. The number of amides is 1. The number of nitriles is 1. The zero-order valence-electron chi connectivity index (χ0n) is 10.3. The second kappa shape index (κ2) is 3.76. The number of carbonyl (C=O) groups is 1. The molecule has 0 aromatic carbocycles. The van der Waals surface area contributed by atoms with Crippen molar-refractivity contribution in [2.24, 2.45) is 10.8 Å². The number of rotatable bonds is 1. The van der Waals surface area contributed by atoms with Crippen LogP contribution in [-0.4, -0.2) is 23.9 Å². The van der Waals surface area contributed by atoms with Crippen LogP contribution < -0.4 is 0 Å². The Bertz CT molecular complexity index is 336. The van der Waals surface area contributed by atoms with Gasteiger partial charge in [-0.05, 0) is 37.5 Å². The van der Waals surface area contributed by atoms with Gasteiger partial charge in [0.15, 0.2) is 0 Å². The van der Waals surface area contributed by atoms with E-state index in [9.17, 15) is 10.1 Å². The first-order valence-corrected chi connectivity index (χ1v) is 6.20.